The Morgan fingerprint density at radius 3 is 2.52 bits per heavy atom. The number of hydrogen-bond acceptors (Lipinski definition) is 6. The first-order valence-electron chi connectivity index (χ1n) is 7.94. The molecule has 2 aromatic heterocycles. The second-order valence-electron chi connectivity index (χ2n) is 5.71. The van der Waals surface area contributed by atoms with Crippen LogP contribution in [0.5, 0.6) is 0 Å². The Labute approximate surface area is 157 Å². The minimum atomic E-state index is -1.04. The van der Waals surface area contributed by atoms with Crippen molar-refractivity contribution in [1.29, 1.82) is 0 Å². The third-order valence-corrected chi connectivity index (χ3v) is 4.69. The zero-order chi connectivity index (χ0) is 19.2. The summed E-state index contributed by atoms with van der Waals surface area (Å²) in [5.74, 6) is -0.949. The third-order valence-electron chi connectivity index (χ3n) is 3.62. The first-order valence-corrected chi connectivity index (χ1v) is 8.93. The molecule has 0 aliphatic carbocycles. The predicted octanol–water partition coefficient (Wildman–Crippen LogP) is 2.14. The topological polar surface area (TPSA) is 98.0 Å². The van der Waals surface area contributed by atoms with Crippen molar-refractivity contribution >= 4 is 17.7 Å². The van der Waals surface area contributed by atoms with Gasteiger partial charge in [-0.3, -0.25) is 9.59 Å². The van der Waals surface area contributed by atoms with Gasteiger partial charge in [0.1, 0.15) is 18.7 Å². The van der Waals surface area contributed by atoms with Gasteiger partial charge in [0.15, 0.2) is 5.16 Å². The third kappa shape index (κ3) is 5.20. The Morgan fingerprint density at radius 1 is 1.15 bits per heavy atom. The van der Waals surface area contributed by atoms with Gasteiger partial charge < -0.3 is 9.67 Å². The van der Waals surface area contributed by atoms with Crippen LogP contribution in [0, 0.1) is 5.82 Å². The summed E-state index contributed by atoms with van der Waals surface area (Å²) < 4.78 is 14.4. The summed E-state index contributed by atoms with van der Waals surface area (Å²) in [5.41, 5.74) is 1.49. The van der Waals surface area contributed by atoms with Crippen molar-refractivity contribution in [3.63, 3.8) is 0 Å². The average molecular weight is 386 g/mol. The predicted molar refractivity (Wildman–Crippen MR) is 96.9 cm³/mol. The van der Waals surface area contributed by atoms with Crippen LogP contribution < -0.4 is 5.56 Å². The fourth-order valence-electron chi connectivity index (χ4n) is 2.39. The average Bonchev–Trinajstić information content (AvgIpc) is 2.65. The van der Waals surface area contributed by atoms with E-state index in [1.807, 2.05) is 0 Å². The molecule has 0 saturated heterocycles. The summed E-state index contributed by atoms with van der Waals surface area (Å²) in [4.78, 5) is 35.4. The lowest BCUT2D eigenvalue weighted by atomic mass is 10.1. The highest BCUT2D eigenvalue weighted by molar-refractivity contribution is 7.98. The molecule has 9 heteroatoms. The largest absolute Gasteiger partial charge is 0.480 e. The van der Waals surface area contributed by atoms with E-state index >= 15 is 0 Å². The Morgan fingerprint density at radius 2 is 1.85 bits per heavy atom. The summed E-state index contributed by atoms with van der Waals surface area (Å²) in [6.45, 7) is -0.322. The van der Waals surface area contributed by atoms with Gasteiger partial charge in [0.25, 0.3) is 5.56 Å². The molecule has 1 N–H and O–H groups in total. The molecular weight excluding hydrogens is 371 g/mol. The van der Waals surface area contributed by atoms with Gasteiger partial charge in [0, 0.05) is 36.3 Å². The van der Waals surface area contributed by atoms with Gasteiger partial charge in [-0.2, -0.15) is 4.98 Å². The number of carboxylic acid groups (broad SMARTS) is 1. The van der Waals surface area contributed by atoms with E-state index in [9.17, 15) is 14.0 Å². The number of rotatable bonds is 7. The van der Waals surface area contributed by atoms with Gasteiger partial charge in [-0.25, -0.2) is 14.4 Å². The summed E-state index contributed by atoms with van der Waals surface area (Å²) in [6, 6.07) is 5.95. The second kappa shape index (κ2) is 8.54. The molecule has 0 aliphatic heterocycles. The van der Waals surface area contributed by atoms with Crippen molar-refractivity contribution in [3.8, 4) is 0 Å². The molecule has 3 aromatic rings. The van der Waals surface area contributed by atoms with Crippen LogP contribution in [0.4, 0.5) is 4.39 Å². The van der Waals surface area contributed by atoms with Crippen LogP contribution in [0.2, 0.25) is 0 Å². The molecule has 138 valence electrons. The standard InChI is InChI=1S/C18H15FN4O3S/c19-15-3-1-12(2-4-15)10-27-18-22-17(26)14(8-23(18)9-16(24)25)5-13-6-20-11-21-7-13/h1-4,6-8,11H,5,9-10H2,(H,24,25). The Balaban J connectivity index is 1.85. The van der Waals surface area contributed by atoms with Crippen molar-refractivity contribution in [1.82, 2.24) is 19.5 Å². The highest BCUT2D eigenvalue weighted by Crippen LogP contribution is 2.21. The van der Waals surface area contributed by atoms with E-state index in [0.717, 1.165) is 11.1 Å². The maximum absolute atomic E-state index is 13.0. The molecule has 1 aromatic carbocycles. The van der Waals surface area contributed by atoms with Crippen molar-refractivity contribution < 1.29 is 14.3 Å². The first-order chi connectivity index (χ1) is 13.0. The molecule has 27 heavy (non-hydrogen) atoms. The lowest BCUT2D eigenvalue weighted by molar-refractivity contribution is -0.137. The van der Waals surface area contributed by atoms with Gasteiger partial charge in [0.05, 0.1) is 0 Å². The minimum absolute atomic E-state index is 0.259. The maximum Gasteiger partial charge on any atom is 0.323 e. The number of hydrogen-bond donors (Lipinski definition) is 1. The van der Waals surface area contributed by atoms with E-state index in [-0.39, 0.29) is 18.8 Å². The van der Waals surface area contributed by atoms with Gasteiger partial charge >= 0.3 is 5.97 Å². The second-order valence-corrected chi connectivity index (χ2v) is 6.66. The number of thioether (sulfide) groups is 1. The lowest BCUT2D eigenvalue weighted by Crippen LogP contribution is -2.22. The fraction of sp³-hybridized carbons (Fsp3) is 0.167. The van der Waals surface area contributed by atoms with E-state index < -0.39 is 11.5 Å². The molecule has 0 spiro atoms. The Bertz CT molecular complexity index is 994. The van der Waals surface area contributed by atoms with Gasteiger partial charge in [-0.1, -0.05) is 23.9 Å². The van der Waals surface area contributed by atoms with Crippen LogP contribution in [0.3, 0.4) is 0 Å². The maximum atomic E-state index is 13.0. The van der Waals surface area contributed by atoms with Crippen LogP contribution in [0.15, 0.2) is 59.1 Å². The first kappa shape index (κ1) is 18.7. The molecule has 0 amide bonds. The number of carboxylic acids is 1. The van der Waals surface area contributed by atoms with E-state index in [1.165, 1.54) is 41.0 Å². The normalized spacial score (nSPS) is 10.7. The van der Waals surface area contributed by atoms with Crippen LogP contribution in [0.25, 0.3) is 0 Å². The molecular formula is C18H15FN4O3S. The monoisotopic (exact) mass is 386 g/mol. The minimum Gasteiger partial charge on any atom is -0.480 e. The van der Waals surface area contributed by atoms with E-state index in [2.05, 4.69) is 15.0 Å². The van der Waals surface area contributed by atoms with Gasteiger partial charge in [0.2, 0.25) is 0 Å². The molecule has 0 atom stereocenters. The number of halogens is 1. The molecule has 0 unspecified atom stereocenters. The quantitative estimate of drug-likeness (QED) is 0.491. The molecule has 0 radical (unpaired) electrons. The van der Waals surface area contributed by atoms with Crippen molar-refractivity contribution in [2.75, 3.05) is 0 Å². The smallest absolute Gasteiger partial charge is 0.323 e. The summed E-state index contributed by atoms with van der Waals surface area (Å²) in [6.07, 6.45) is 6.33. The van der Waals surface area contributed by atoms with Crippen molar-refractivity contribution in [2.45, 2.75) is 23.9 Å². The summed E-state index contributed by atoms with van der Waals surface area (Å²) in [5, 5.41) is 9.45. The molecule has 7 nitrogen and oxygen atoms in total. The molecule has 2 heterocycles. The molecule has 0 fully saturated rings. The van der Waals surface area contributed by atoms with Gasteiger partial charge in [-0.15, -0.1) is 0 Å². The summed E-state index contributed by atoms with van der Waals surface area (Å²) >= 11 is 1.22. The molecule has 3 rings (SSSR count). The van der Waals surface area contributed by atoms with Gasteiger partial charge in [-0.05, 0) is 23.3 Å². The lowest BCUT2D eigenvalue weighted by Gasteiger charge is -2.12. The molecule has 0 bridgehead atoms. The number of carbonyl (C=O) groups is 1. The van der Waals surface area contributed by atoms with Crippen molar-refractivity contribution in [3.05, 3.63) is 82.0 Å². The van der Waals surface area contributed by atoms with Crippen LogP contribution in [0.1, 0.15) is 16.7 Å². The van der Waals surface area contributed by atoms with Crippen LogP contribution in [-0.2, 0) is 23.5 Å². The SMILES string of the molecule is O=C(O)Cn1cc(Cc2cncnc2)c(=O)nc1SCc1ccc(F)cc1. The molecule has 0 aliphatic rings. The fourth-order valence-corrected chi connectivity index (χ4v) is 3.31. The highest BCUT2D eigenvalue weighted by atomic mass is 32.2. The number of aromatic nitrogens is 4. The highest BCUT2D eigenvalue weighted by Gasteiger charge is 2.13. The number of nitrogens with zero attached hydrogens (tertiary/aromatic N) is 4. The van der Waals surface area contributed by atoms with Crippen LogP contribution in [-0.4, -0.2) is 30.6 Å². The molecule has 0 saturated carbocycles. The Kier molecular flexibility index (Phi) is 5.92. The van der Waals surface area contributed by atoms with E-state index in [0.29, 0.717) is 16.5 Å². The zero-order valence-corrected chi connectivity index (χ0v) is 14.9. The van der Waals surface area contributed by atoms with Crippen molar-refractivity contribution in [2.24, 2.45) is 0 Å². The van der Waals surface area contributed by atoms with E-state index in [1.54, 1.807) is 24.5 Å². The summed E-state index contributed by atoms with van der Waals surface area (Å²) in [7, 11) is 0. The number of aliphatic carboxylic acids is 1. The Hall–Kier alpha value is -3.07. The number of benzene rings is 1. The zero-order valence-electron chi connectivity index (χ0n) is 14.1. The van der Waals surface area contributed by atoms with Crippen LogP contribution >= 0.6 is 11.8 Å². The van der Waals surface area contributed by atoms with E-state index in [4.69, 9.17) is 5.11 Å².